The van der Waals surface area contributed by atoms with E-state index in [-0.39, 0.29) is 12.1 Å². The molecule has 2 aromatic rings. The molecule has 2 rings (SSSR count). The molecule has 0 aliphatic heterocycles. The lowest BCUT2D eigenvalue weighted by atomic mass is 10.1. The highest BCUT2D eigenvalue weighted by Crippen LogP contribution is 2.13. The third-order valence-electron chi connectivity index (χ3n) is 2.72. The molecule has 1 aromatic carbocycles. The number of hydrogen-bond acceptors (Lipinski definition) is 3. The summed E-state index contributed by atoms with van der Waals surface area (Å²) in [6.07, 6.45) is 1.52. The van der Waals surface area contributed by atoms with Gasteiger partial charge in [-0.25, -0.2) is 4.39 Å². The first-order valence-electron chi connectivity index (χ1n) is 6.32. The van der Waals surface area contributed by atoms with E-state index in [9.17, 15) is 9.18 Å². The summed E-state index contributed by atoms with van der Waals surface area (Å²) in [6.45, 7) is 2.04. The number of carbonyl (C=O) groups is 1. The van der Waals surface area contributed by atoms with Gasteiger partial charge in [0.1, 0.15) is 5.82 Å². The Balaban J connectivity index is 2.17. The molecule has 0 saturated carbocycles. The number of pyridine rings is 1. The van der Waals surface area contributed by atoms with E-state index in [4.69, 9.17) is 5.73 Å². The number of halogens is 1. The van der Waals surface area contributed by atoms with E-state index in [0.29, 0.717) is 11.3 Å². The number of anilines is 1. The van der Waals surface area contributed by atoms with Crippen LogP contribution in [0.3, 0.4) is 0 Å². The Hall–Kier alpha value is -2.71. The van der Waals surface area contributed by atoms with Crippen molar-refractivity contribution in [1.29, 1.82) is 0 Å². The Kier molecular flexibility index (Phi) is 4.64. The minimum absolute atomic E-state index is 0.0473. The third-order valence-corrected chi connectivity index (χ3v) is 2.72. The van der Waals surface area contributed by atoms with Crippen LogP contribution in [0.2, 0.25) is 0 Å². The van der Waals surface area contributed by atoms with Crippen molar-refractivity contribution in [1.82, 2.24) is 4.98 Å². The molecule has 1 aromatic heterocycles. The van der Waals surface area contributed by atoms with Crippen molar-refractivity contribution in [2.45, 2.75) is 6.92 Å². The lowest BCUT2D eigenvalue weighted by Crippen LogP contribution is -2.14. The third kappa shape index (κ3) is 3.88. The second kappa shape index (κ2) is 6.64. The number of nitrogens with zero attached hydrogens (tertiary/aromatic N) is 1. The van der Waals surface area contributed by atoms with Gasteiger partial charge in [-0.1, -0.05) is 11.8 Å². The molecule has 21 heavy (non-hydrogen) atoms. The molecule has 0 spiro atoms. The minimum atomic E-state index is -0.628. The molecular weight excluding hydrogens is 269 g/mol. The van der Waals surface area contributed by atoms with Crippen molar-refractivity contribution in [3.05, 3.63) is 59.2 Å². The Morgan fingerprint density at radius 1 is 1.38 bits per heavy atom. The standard InChI is InChI=1S/C16H14FN3O/c1-11-4-6-13(10-19-11)20-16(21)14-7-5-12(3-2-8-18)9-15(14)17/h4-7,9-10H,8,18H2,1H3,(H,20,21). The van der Waals surface area contributed by atoms with Crippen molar-refractivity contribution in [3.63, 3.8) is 0 Å². The van der Waals surface area contributed by atoms with Gasteiger partial charge < -0.3 is 11.1 Å². The van der Waals surface area contributed by atoms with Gasteiger partial charge in [0, 0.05) is 11.3 Å². The molecule has 0 saturated heterocycles. The zero-order chi connectivity index (χ0) is 15.2. The molecule has 0 fully saturated rings. The molecule has 0 bridgehead atoms. The number of nitrogens with two attached hydrogens (primary N) is 1. The van der Waals surface area contributed by atoms with Gasteiger partial charge in [-0.2, -0.15) is 0 Å². The van der Waals surface area contributed by atoms with Crippen LogP contribution in [0.25, 0.3) is 0 Å². The number of nitrogens with one attached hydrogen (secondary N) is 1. The van der Waals surface area contributed by atoms with E-state index in [1.165, 1.54) is 18.3 Å². The molecule has 0 atom stereocenters. The predicted molar refractivity (Wildman–Crippen MR) is 79.3 cm³/mol. The average Bonchev–Trinajstić information content (AvgIpc) is 2.47. The highest BCUT2D eigenvalue weighted by Gasteiger charge is 2.12. The minimum Gasteiger partial charge on any atom is -0.320 e. The zero-order valence-electron chi connectivity index (χ0n) is 11.5. The van der Waals surface area contributed by atoms with Gasteiger partial charge in [0.15, 0.2) is 0 Å². The molecule has 5 heteroatoms. The van der Waals surface area contributed by atoms with E-state index in [1.807, 2.05) is 6.92 Å². The van der Waals surface area contributed by atoms with Crippen LogP contribution < -0.4 is 11.1 Å². The van der Waals surface area contributed by atoms with Crippen LogP contribution in [-0.4, -0.2) is 17.4 Å². The fraction of sp³-hybridized carbons (Fsp3) is 0.125. The summed E-state index contributed by atoms with van der Waals surface area (Å²) in [6, 6.07) is 7.66. The molecule has 1 amide bonds. The van der Waals surface area contributed by atoms with Crippen LogP contribution in [0.15, 0.2) is 36.5 Å². The summed E-state index contributed by atoms with van der Waals surface area (Å²) in [5, 5.41) is 2.59. The number of benzene rings is 1. The lowest BCUT2D eigenvalue weighted by Gasteiger charge is -2.06. The Morgan fingerprint density at radius 3 is 2.81 bits per heavy atom. The van der Waals surface area contributed by atoms with E-state index in [1.54, 1.807) is 18.2 Å². The first-order chi connectivity index (χ1) is 10.1. The van der Waals surface area contributed by atoms with Crippen molar-refractivity contribution in [2.75, 3.05) is 11.9 Å². The molecule has 0 aliphatic carbocycles. The highest BCUT2D eigenvalue weighted by molar-refractivity contribution is 6.04. The second-order valence-electron chi connectivity index (χ2n) is 4.34. The molecule has 0 radical (unpaired) electrons. The Morgan fingerprint density at radius 2 is 2.19 bits per heavy atom. The summed E-state index contributed by atoms with van der Waals surface area (Å²) >= 11 is 0. The van der Waals surface area contributed by atoms with Crippen LogP contribution in [0.5, 0.6) is 0 Å². The van der Waals surface area contributed by atoms with Crippen molar-refractivity contribution < 1.29 is 9.18 Å². The SMILES string of the molecule is Cc1ccc(NC(=O)c2ccc(C#CCN)cc2F)cn1. The van der Waals surface area contributed by atoms with E-state index in [0.717, 1.165) is 5.69 Å². The summed E-state index contributed by atoms with van der Waals surface area (Å²) in [7, 11) is 0. The maximum Gasteiger partial charge on any atom is 0.258 e. The number of carbonyl (C=O) groups excluding carboxylic acids is 1. The molecule has 0 aliphatic rings. The highest BCUT2D eigenvalue weighted by atomic mass is 19.1. The van der Waals surface area contributed by atoms with Crippen molar-refractivity contribution >= 4 is 11.6 Å². The van der Waals surface area contributed by atoms with Gasteiger partial charge in [0.2, 0.25) is 0 Å². The molecule has 4 nitrogen and oxygen atoms in total. The number of aromatic nitrogens is 1. The van der Waals surface area contributed by atoms with Crippen LogP contribution in [-0.2, 0) is 0 Å². The number of rotatable bonds is 2. The first-order valence-corrected chi connectivity index (χ1v) is 6.32. The Bertz CT molecular complexity index is 715. The molecule has 0 unspecified atom stereocenters. The normalized spacial score (nSPS) is 9.67. The van der Waals surface area contributed by atoms with Crippen LogP contribution in [0.4, 0.5) is 10.1 Å². The quantitative estimate of drug-likeness (QED) is 0.829. The van der Waals surface area contributed by atoms with Crippen LogP contribution >= 0.6 is 0 Å². The van der Waals surface area contributed by atoms with E-state index >= 15 is 0 Å². The van der Waals surface area contributed by atoms with Crippen molar-refractivity contribution in [2.24, 2.45) is 5.73 Å². The largest absolute Gasteiger partial charge is 0.320 e. The topological polar surface area (TPSA) is 68.0 Å². The number of hydrogen-bond donors (Lipinski definition) is 2. The van der Waals surface area contributed by atoms with Gasteiger partial charge in [-0.15, -0.1) is 0 Å². The predicted octanol–water partition coefficient (Wildman–Crippen LogP) is 2.09. The first kappa shape index (κ1) is 14.7. The van der Waals surface area contributed by atoms with Gasteiger partial charge in [0.25, 0.3) is 5.91 Å². The lowest BCUT2D eigenvalue weighted by molar-refractivity contribution is 0.102. The summed E-state index contributed by atoms with van der Waals surface area (Å²) in [5.41, 5.74) is 7.03. The zero-order valence-corrected chi connectivity index (χ0v) is 11.5. The molecule has 106 valence electrons. The summed E-state index contributed by atoms with van der Waals surface area (Å²) < 4.78 is 13.9. The maximum absolute atomic E-state index is 13.9. The van der Waals surface area contributed by atoms with Crippen LogP contribution in [0, 0.1) is 24.6 Å². The van der Waals surface area contributed by atoms with Gasteiger partial charge in [0.05, 0.1) is 24.0 Å². The smallest absolute Gasteiger partial charge is 0.258 e. The van der Waals surface area contributed by atoms with E-state index < -0.39 is 11.7 Å². The number of amides is 1. The molecule has 3 N–H and O–H groups in total. The van der Waals surface area contributed by atoms with Crippen molar-refractivity contribution in [3.8, 4) is 11.8 Å². The van der Waals surface area contributed by atoms with E-state index in [2.05, 4.69) is 22.1 Å². The maximum atomic E-state index is 13.9. The van der Waals surface area contributed by atoms with Gasteiger partial charge >= 0.3 is 0 Å². The number of aryl methyl sites for hydroxylation is 1. The van der Waals surface area contributed by atoms with Gasteiger partial charge in [-0.05, 0) is 37.3 Å². The monoisotopic (exact) mass is 283 g/mol. The fourth-order valence-corrected chi connectivity index (χ4v) is 1.67. The fourth-order valence-electron chi connectivity index (χ4n) is 1.67. The Labute approximate surface area is 122 Å². The van der Waals surface area contributed by atoms with Gasteiger partial charge in [-0.3, -0.25) is 9.78 Å². The summed E-state index contributed by atoms with van der Waals surface area (Å²) in [4.78, 5) is 16.1. The van der Waals surface area contributed by atoms with Crippen LogP contribution in [0.1, 0.15) is 21.6 Å². The average molecular weight is 283 g/mol. The second-order valence-corrected chi connectivity index (χ2v) is 4.34. The summed E-state index contributed by atoms with van der Waals surface area (Å²) in [5.74, 6) is 4.18. The molecule has 1 heterocycles. The molecular formula is C16H14FN3O.